The number of hydrogen-bond acceptors (Lipinski definition) is 3. The number of furan rings is 1. The SMILES string of the molecule is Cc1occc1CN(C)CC(=O)c1ccc(I)cc1. The number of benzene rings is 1. The van der Waals surface area contributed by atoms with Crippen molar-refractivity contribution in [2.45, 2.75) is 13.5 Å². The van der Waals surface area contributed by atoms with Gasteiger partial charge in [-0.15, -0.1) is 0 Å². The van der Waals surface area contributed by atoms with Crippen LogP contribution in [0.2, 0.25) is 0 Å². The monoisotopic (exact) mass is 369 g/mol. The summed E-state index contributed by atoms with van der Waals surface area (Å²) in [7, 11) is 1.94. The van der Waals surface area contributed by atoms with Crippen molar-refractivity contribution < 1.29 is 9.21 Å². The van der Waals surface area contributed by atoms with Gasteiger partial charge in [-0.1, -0.05) is 12.1 Å². The number of ketones is 1. The third kappa shape index (κ3) is 3.91. The van der Waals surface area contributed by atoms with Crippen molar-refractivity contribution in [1.29, 1.82) is 0 Å². The molecule has 0 aliphatic rings. The third-order valence-electron chi connectivity index (χ3n) is 2.99. The van der Waals surface area contributed by atoms with Crippen LogP contribution in [0.1, 0.15) is 21.7 Å². The minimum Gasteiger partial charge on any atom is -0.469 e. The molecule has 3 nitrogen and oxygen atoms in total. The van der Waals surface area contributed by atoms with Crippen LogP contribution in [0.3, 0.4) is 0 Å². The minimum absolute atomic E-state index is 0.139. The van der Waals surface area contributed by atoms with E-state index in [2.05, 4.69) is 22.6 Å². The van der Waals surface area contributed by atoms with Gasteiger partial charge in [0.2, 0.25) is 0 Å². The molecule has 1 aromatic heterocycles. The van der Waals surface area contributed by atoms with Crippen LogP contribution >= 0.6 is 22.6 Å². The number of aryl methyl sites for hydroxylation is 1. The van der Waals surface area contributed by atoms with Gasteiger partial charge in [0.05, 0.1) is 12.8 Å². The van der Waals surface area contributed by atoms with Gasteiger partial charge in [-0.2, -0.15) is 0 Å². The number of rotatable bonds is 5. The van der Waals surface area contributed by atoms with Gasteiger partial charge in [0.25, 0.3) is 0 Å². The predicted molar refractivity (Wildman–Crippen MR) is 83.3 cm³/mol. The molecule has 0 radical (unpaired) electrons. The number of Topliss-reactive ketones (excluding diaryl/α,β-unsaturated/α-hetero) is 1. The van der Waals surface area contributed by atoms with Gasteiger partial charge in [-0.25, -0.2) is 0 Å². The van der Waals surface area contributed by atoms with E-state index in [4.69, 9.17) is 4.42 Å². The highest BCUT2D eigenvalue weighted by molar-refractivity contribution is 14.1. The van der Waals surface area contributed by atoms with Crippen LogP contribution in [0, 0.1) is 10.5 Å². The summed E-state index contributed by atoms with van der Waals surface area (Å²) in [6.07, 6.45) is 1.68. The van der Waals surface area contributed by atoms with Crippen LogP contribution in [-0.2, 0) is 6.54 Å². The quantitative estimate of drug-likeness (QED) is 0.598. The molecule has 0 fully saturated rings. The average molecular weight is 369 g/mol. The number of hydrogen-bond donors (Lipinski definition) is 0. The number of likely N-dealkylation sites (N-methyl/N-ethyl adjacent to an activating group) is 1. The first-order chi connectivity index (χ1) is 9.06. The summed E-state index contributed by atoms with van der Waals surface area (Å²) in [5, 5.41) is 0. The molecule has 0 saturated carbocycles. The topological polar surface area (TPSA) is 33.5 Å². The first-order valence-electron chi connectivity index (χ1n) is 6.06. The third-order valence-corrected chi connectivity index (χ3v) is 3.71. The maximum absolute atomic E-state index is 12.1. The molecule has 1 heterocycles. The van der Waals surface area contributed by atoms with E-state index >= 15 is 0 Å². The van der Waals surface area contributed by atoms with Crippen molar-refractivity contribution in [2.75, 3.05) is 13.6 Å². The summed E-state index contributed by atoms with van der Waals surface area (Å²) in [4.78, 5) is 14.1. The molecule has 100 valence electrons. The lowest BCUT2D eigenvalue weighted by Crippen LogP contribution is -2.25. The molecule has 0 saturated heterocycles. The van der Waals surface area contributed by atoms with Gasteiger partial charge in [-0.3, -0.25) is 9.69 Å². The Balaban J connectivity index is 1.95. The molecule has 0 atom stereocenters. The summed E-state index contributed by atoms with van der Waals surface area (Å²) >= 11 is 2.23. The Morgan fingerprint density at radius 1 is 1.26 bits per heavy atom. The van der Waals surface area contributed by atoms with Gasteiger partial charge in [0, 0.05) is 21.2 Å². The van der Waals surface area contributed by atoms with E-state index in [1.54, 1.807) is 6.26 Å². The van der Waals surface area contributed by atoms with Crippen molar-refractivity contribution in [3.05, 3.63) is 57.1 Å². The molecule has 2 aromatic rings. The second-order valence-electron chi connectivity index (χ2n) is 4.60. The number of carbonyl (C=O) groups is 1. The normalized spacial score (nSPS) is 10.9. The van der Waals surface area contributed by atoms with Crippen LogP contribution < -0.4 is 0 Å². The van der Waals surface area contributed by atoms with Gasteiger partial charge in [0.15, 0.2) is 5.78 Å². The lowest BCUT2D eigenvalue weighted by Gasteiger charge is -2.15. The van der Waals surface area contributed by atoms with Crippen molar-refractivity contribution in [3.8, 4) is 0 Å². The lowest BCUT2D eigenvalue weighted by atomic mass is 10.1. The minimum atomic E-state index is 0.139. The summed E-state index contributed by atoms with van der Waals surface area (Å²) < 4.78 is 6.39. The zero-order valence-electron chi connectivity index (χ0n) is 11.0. The Labute approximate surface area is 126 Å². The summed E-state index contributed by atoms with van der Waals surface area (Å²) in [6, 6.07) is 9.60. The molecule has 0 aliphatic carbocycles. The number of carbonyl (C=O) groups excluding carboxylic acids is 1. The van der Waals surface area contributed by atoms with Crippen LogP contribution in [0.25, 0.3) is 0 Å². The highest BCUT2D eigenvalue weighted by Crippen LogP contribution is 2.12. The van der Waals surface area contributed by atoms with Crippen LogP contribution in [0.5, 0.6) is 0 Å². The molecule has 0 aliphatic heterocycles. The van der Waals surface area contributed by atoms with Gasteiger partial charge < -0.3 is 4.42 Å². The molecule has 0 spiro atoms. The molecule has 1 aromatic carbocycles. The molecular weight excluding hydrogens is 353 g/mol. The van der Waals surface area contributed by atoms with E-state index in [9.17, 15) is 4.79 Å². The molecule has 19 heavy (non-hydrogen) atoms. The molecule has 0 amide bonds. The zero-order chi connectivity index (χ0) is 13.8. The molecular formula is C15H16INO2. The fraction of sp³-hybridized carbons (Fsp3) is 0.267. The number of nitrogens with zero attached hydrogens (tertiary/aromatic N) is 1. The van der Waals surface area contributed by atoms with Crippen molar-refractivity contribution in [3.63, 3.8) is 0 Å². The van der Waals surface area contributed by atoms with E-state index in [1.165, 1.54) is 0 Å². The molecule has 0 bridgehead atoms. The van der Waals surface area contributed by atoms with Gasteiger partial charge >= 0.3 is 0 Å². The molecule has 2 rings (SSSR count). The zero-order valence-corrected chi connectivity index (χ0v) is 13.2. The molecule has 0 unspecified atom stereocenters. The number of halogens is 1. The van der Waals surface area contributed by atoms with E-state index in [1.807, 2.05) is 49.2 Å². The summed E-state index contributed by atoms with van der Waals surface area (Å²) in [5.41, 5.74) is 1.88. The Hall–Kier alpha value is -1.14. The van der Waals surface area contributed by atoms with E-state index < -0.39 is 0 Å². The highest BCUT2D eigenvalue weighted by Gasteiger charge is 2.11. The van der Waals surface area contributed by atoms with Crippen LogP contribution in [-0.4, -0.2) is 24.3 Å². The molecule has 0 N–H and O–H groups in total. The second-order valence-corrected chi connectivity index (χ2v) is 5.85. The van der Waals surface area contributed by atoms with Crippen LogP contribution in [0.4, 0.5) is 0 Å². The van der Waals surface area contributed by atoms with Crippen LogP contribution in [0.15, 0.2) is 41.0 Å². The molecule has 4 heteroatoms. The maximum atomic E-state index is 12.1. The summed E-state index contributed by atoms with van der Waals surface area (Å²) in [6.45, 7) is 3.06. The fourth-order valence-electron chi connectivity index (χ4n) is 1.89. The Morgan fingerprint density at radius 3 is 2.53 bits per heavy atom. The maximum Gasteiger partial charge on any atom is 0.176 e. The Morgan fingerprint density at radius 2 is 1.95 bits per heavy atom. The van der Waals surface area contributed by atoms with Gasteiger partial charge in [0.1, 0.15) is 5.76 Å². The lowest BCUT2D eigenvalue weighted by molar-refractivity contribution is 0.0942. The van der Waals surface area contributed by atoms with E-state index in [0.717, 1.165) is 27.0 Å². The first kappa shape index (κ1) is 14.3. The largest absolute Gasteiger partial charge is 0.469 e. The Kier molecular flexibility index (Phi) is 4.76. The predicted octanol–water partition coefficient (Wildman–Crippen LogP) is 3.51. The average Bonchev–Trinajstić information content (AvgIpc) is 2.75. The van der Waals surface area contributed by atoms with Crippen molar-refractivity contribution in [2.24, 2.45) is 0 Å². The first-order valence-corrected chi connectivity index (χ1v) is 7.14. The Bertz CT molecular complexity index is 560. The van der Waals surface area contributed by atoms with Crippen molar-refractivity contribution in [1.82, 2.24) is 4.90 Å². The summed E-state index contributed by atoms with van der Waals surface area (Å²) in [5.74, 6) is 1.05. The van der Waals surface area contributed by atoms with E-state index in [-0.39, 0.29) is 5.78 Å². The second kappa shape index (κ2) is 6.34. The highest BCUT2D eigenvalue weighted by atomic mass is 127. The van der Waals surface area contributed by atoms with Crippen molar-refractivity contribution >= 4 is 28.4 Å². The smallest absolute Gasteiger partial charge is 0.176 e. The van der Waals surface area contributed by atoms with E-state index in [0.29, 0.717) is 6.54 Å². The fourth-order valence-corrected chi connectivity index (χ4v) is 2.25. The van der Waals surface area contributed by atoms with Gasteiger partial charge in [-0.05, 0) is 54.8 Å². The standard InChI is InChI=1S/C15H16INO2/c1-11-13(7-8-19-11)9-17(2)10-15(18)12-3-5-14(16)6-4-12/h3-8H,9-10H2,1-2H3.